The lowest BCUT2D eigenvalue weighted by Gasteiger charge is -2.36. The van der Waals surface area contributed by atoms with E-state index in [2.05, 4.69) is 48.5 Å². The number of rotatable bonds is 7. The first-order valence-electron chi connectivity index (χ1n) is 6.99. The van der Waals surface area contributed by atoms with Crippen molar-refractivity contribution in [2.45, 2.75) is 66.6 Å². The number of thiol groups is 1. The molecule has 0 fully saturated rings. The van der Waals surface area contributed by atoms with Gasteiger partial charge in [0.25, 0.3) is 0 Å². The van der Waals surface area contributed by atoms with Gasteiger partial charge < -0.3 is 0 Å². The van der Waals surface area contributed by atoms with Crippen LogP contribution in [-0.2, 0) is 0 Å². The molecule has 0 bridgehead atoms. The van der Waals surface area contributed by atoms with Gasteiger partial charge in [-0.15, -0.1) is 0 Å². The van der Waals surface area contributed by atoms with Gasteiger partial charge in [0.2, 0.25) is 0 Å². The molecule has 0 N–H and O–H groups in total. The Balaban J connectivity index is 4.59. The van der Waals surface area contributed by atoms with Crippen molar-refractivity contribution in [3.8, 4) is 0 Å². The second-order valence-electron chi connectivity index (χ2n) is 6.26. The fraction of sp³-hybridized carbons (Fsp3) is 1.00. The maximum atomic E-state index is 4.74. The minimum atomic E-state index is 0.557. The lowest BCUT2D eigenvalue weighted by atomic mass is 9.72. The standard InChI is InChI=1S/C15H32S/c1-8-14(16)13(7)15(11(4)5)12(6)9-10(2)3/h10-16H,8-9H2,1-7H3. The smallest absolute Gasteiger partial charge is 0.00426 e. The third-order valence-electron chi connectivity index (χ3n) is 3.90. The molecule has 16 heavy (non-hydrogen) atoms. The van der Waals surface area contributed by atoms with Gasteiger partial charge in [0, 0.05) is 5.25 Å². The molecule has 0 aromatic rings. The minimum Gasteiger partial charge on any atom is -0.176 e. The molecule has 4 unspecified atom stereocenters. The zero-order chi connectivity index (χ0) is 12.9. The third kappa shape index (κ3) is 5.12. The molecule has 0 aromatic carbocycles. The predicted octanol–water partition coefficient (Wildman–Crippen LogP) is 5.29. The fourth-order valence-electron chi connectivity index (χ4n) is 3.31. The average Bonchev–Trinajstić information content (AvgIpc) is 2.14. The molecule has 0 aliphatic carbocycles. The zero-order valence-electron chi connectivity index (χ0n) is 12.3. The second kappa shape index (κ2) is 7.63. The maximum Gasteiger partial charge on any atom is 0.00426 e. The van der Waals surface area contributed by atoms with Crippen LogP contribution in [-0.4, -0.2) is 5.25 Å². The van der Waals surface area contributed by atoms with Crippen LogP contribution in [0.5, 0.6) is 0 Å². The molecule has 0 radical (unpaired) electrons. The average molecular weight is 244 g/mol. The summed E-state index contributed by atoms with van der Waals surface area (Å²) in [6, 6.07) is 0. The highest BCUT2D eigenvalue weighted by Gasteiger charge is 2.29. The van der Waals surface area contributed by atoms with E-state index in [9.17, 15) is 0 Å². The van der Waals surface area contributed by atoms with E-state index in [-0.39, 0.29) is 0 Å². The quantitative estimate of drug-likeness (QED) is 0.578. The Labute approximate surface area is 109 Å². The summed E-state index contributed by atoms with van der Waals surface area (Å²) >= 11 is 4.74. The summed E-state index contributed by atoms with van der Waals surface area (Å²) in [5.74, 6) is 3.93. The van der Waals surface area contributed by atoms with Gasteiger partial charge >= 0.3 is 0 Å². The largest absolute Gasteiger partial charge is 0.176 e. The monoisotopic (exact) mass is 244 g/mol. The molecule has 0 rings (SSSR count). The van der Waals surface area contributed by atoms with Gasteiger partial charge in [-0.3, -0.25) is 0 Å². The van der Waals surface area contributed by atoms with E-state index in [4.69, 9.17) is 12.6 Å². The molecule has 0 saturated heterocycles. The fourth-order valence-corrected chi connectivity index (χ4v) is 3.51. The summed E-state index contributed by atoms with van der Waals surface area (Å²) in [5.41, 5.74) is 0. The summed E-state index contributed by atoms with van der Waals surface area (Å²) in [7, 11) is 0. The normalized spacial score (nSPS) is 19.9. The first-order chi connectivity index (χ1) is 7.31. The van der Waals surface area contributed by atoms with E-state index < -0.39 is 0 Å². The second-order valence-corrected chi connectivity index (χ2v) is 6.93. The SMILES string of the molecule is CCC(S)C(C)C(C(C)C)C(C)CC(C)C. The van der Waals surface area contributed by atoms with Crippen LogP contribution in [0.15, 0.2) is 0 Å². The number of hydrogen-bond donors (Lipinski definition) is 1. The Bertz CT molecular complexity index is 174. The molecule has 0 heterocycles. The molecular weight excluding hydrogens is 212 g/mol. The van der Waals surface area contributed by atoms with Crippen molar-refractivity contribution in [3.63, 3.8) is 0 Å². The van der Waals surface area contributed by atoms with E-state index in [1.54, 1.807) is 0 Å². The predicted molar refractivity (Wildman–Crippen MR) is 79.2 cm³/mol. The van der Waals surface area contributed by atoms with Crippen LogP contribution in [0.2, 0.25) is 0 Å². The molecule has 4 atom stereocenters. The van der Waals surface area contributed by atoms with Gasteiger partial charge in [0.15, 0.2) is 0 Å². The van der Waals surface area contributed by atoms with Crippen LogP contribution >= 0.6 is 12.6 Å². The molecule has 1 heteroatoms. The van der Waals surface area contributed by atoms with Gasteiger partial charge in [0.1, 0.15) is 0 Å². The van der Waals surface area contributed by atoms with Crippen molar-refractivity contribution in [1.82, 2.24) is 0 Å². The molecule has 0 amide bonds. The van der Waals surface area contributed by atoms with Crippen molar-refractivity contribution in [3.05, 3.63) is 0 Å². The van der Waals surface area contributed by atoms with E-state index in [0.29, 0.717) is 5.25 Å². The van der Waals surface area contributed by atoms with Crippen LogP contribution < -0.4 is 0 Å². The first-order valence-corrected chi connectivity index (χ1v) is 7.50. The van der Waals surface area contributed by atoms with Crippen LogP contribution in [0.4, 0.5) is 0 Å². The van der Waals surface area contributed by atoms with E-state index in [1.807, 2.05) is 0 Å². The Morgan fingerprint density at radius 2 is 1.44 bits per heavy atom. The van der Waals surface area contributed by atoms with E-state index >= 15 is 0 Å². The molecule has 98 valence electrons. The van der Waals surface area contributed by atoms with Crippen LogP contribution in [0.25, 0.3) is 0 Å². The van der Waals surface area contributed by atoms with E-state index in [0.717, 1.165) is 29.6 Å². The summed E-state index contributed by atoms with van der Waals surface area (Å²) in [4.78, 5) is 0. The topological polar surface area (TPSA) is 0 Å². The Morgan fingerprint density at radius 1 is 0.938 bits per heavy atom. The Morgan fingerprint density at radius 3 is 1.75 bits per heavy atom. The van der Waals surface area contributed by atoms with Gasteiger partial charge in [0.05, 0.1) is 0 Å². The highest BCUT2D eigenvalue weighted by Crippen LogP contribution is 2.36. The summed E-state index contributed by atoms with van der Waals surface area (Å²) in [6.07, 6.45) is 2.53. The molecule has 0 spiro atoms. The lowest BCUT2D eigenvalue weighted by molar-refractivity contribution is 0.162. The van der Waals surface area contributed by atoms with Crippen molar-refractivity contribution in [2.75, 3.05) is 0 Å². The lowest BCUT2D eigenvalue weighted by Crippen LogP contribution is -2.31. The zero-order valence-corrected chi connectivity index (χ0v) is 13.2. The molecule has 0 saturated carbocycles. The number of hydrogen-bond acceptors (Lipinski definition) is 1. The van der Waals surface area contributed by atoms with Crippen LogP contribution in [0, 0.1) is 29.6 Å². The van der Waals surface area contributed by atoms with Crippen LogP contribution in [0.1, 0.15) is 61.3 Å². The van der Waals surface area contributed by atoms with Gasteiger partial charge in [-0.25, -0.2) is 0 Å². The molecule has 0 aliphatic rings. The van der Waals surface area contributed by atoms with Gasteiger partial charge in [-0.2, -0.15) is 12.6 Å². The molecular formula is C15H32S. The van der Waals surface area contributed by atoms with Gasteiger partial charge in [-0.1, -0.05) is 48.5 Å². The minimum absolute atomic E-state index is 0.557. The highest BCUT2D eigenvalue weighted by molar-refractivity contribution is 7.81. The highest BCUT2D eigenvalue weighted by atomic mass is 32.1. The van der Waals surface area contributed by atoms with Crippen molar-refractivity contribution in [2.24, 2.45) is 29.6 Å². The van der Waals surface area contributed by atoms with Crippen LogP contribution in [0.3, 0.4) is 0 Å². The molecule has 0 aromatic heterocycles. The summed E-state index contributed by atoms with van der Waals surface area (Å²) < 4.78 is 0. The van der Waals surface area contributed by atoms with Crippen molar-refractivity contribution in [1.29, 1.82) is 0 Å². The molecule has 0 aliphatic heterocycles. The summed E-state index contributed by atoms with van der Waals surface area (Å²) in [6.45, 7) is 16.5. The van der Waals surface area contributed by atoms with Crippen molar-refractivity contribution < 1.29 is 0 Å². The Hall–Kier alpha value is 0.350. The molecule has 0 nitrogen and oxygen atoms in total. The first kappa shape index (κ1) is 16.4. The maximum absolute atomic E-state index is 4.74. The third-order valence-corrected chi connectivity index (χ3v) is 4.74. The summed E-state index contributed by atoms with van der Waals surface area (Å²) in [5, 5.41) is 0.557. The van der Waals surface area contributed by atoms with E-state index in [1.165, 1.54) is 12.8 Å². The Kier molecular flexibility index (Phi) is 7.80. The van der Waals surface area contributed by atoms with Gasteiger partial charge in [-0.05, 0) is 42.4 Å². The van der Waals surface area contributed by atoms with Crippen molar-refractivity contribution >= 4 is 12.6 Å².